The third kappa shape index (κ3) is 4.29. The van der Waals surface area contributed by atoms with Crippen molar-refractivity contribution in [3.8, 4) is 11.5 Å². The number of nitrogens with zero attached hydrogens (tertiary/aromatic N) is 1. The SMILES string of the molecule is COc1ccc(C=CC2=CC(c3ccc(C)cc3O)=NCCN2)cc1. The number of hydrogen-bond donors (Lipinski definition) is 2. The third-order valence-electron chi connectivity index (χ3n) is 4.02. The molecule has 1 aliphatic heterocycles. The molecule has 0 radical (unpaired) electrons. The fourth-order valence-electron chi connectivity index (χ4n) is 2.65. The van der Waals surface area contributed by atoms with E-state index in [2.05, 4.69) is 10.3 Å². The van der Waals surface area contributed by atoms with Gasteiger partial charge in [0.05, 0.1) is 19.4 Å². The normalized spacial score (nSPS) is 14.5. The minimum absolute atomic E-state index is 0.260. The summed E-state index contributed by atoms with van der Waals surface area (Å²) in [7, 11) is 1.66. The van der Waals surface area contributed by atoms with Crippen molar-refractivity contribution in [1.82, 2.24) is 5.32 Å². The van der Waals surface area contributed by atoms with Gasteiger partial charge in [-0.2, -0.15) is 0 Å². The standard InChI is InChI=1S/C21H22N2O2/c1-15-3-10-19(21(24)13-15)20-14-17(22-11-12-23-20)7-4-16-5-8-18(25-2)9-6-16/h3-10,13-14,22,24H,11-12H2,1-2H3. The molecule has 25 heavy (non-hydrogen) atoms. The average Bonchev–Trinajstić information content (AvgIpc) is 2.86. The Bertz CT molecular complexity index is 833. The van der Waals surface area contributed by atoms with Crippen LogP contribution in [0.1, 0.15) is 16.7 Å². The van der Waals surface area contributed by atoms with Crippen molar-refractivity contribution in [2.75, 3.05) is 20.2 Å². The molecular weight excluding hydrogens is 312 g/mol. The van der Waals surface area contributed by atoms with E-state index in [1.807, 2.05) is 61.5 Å². The van der Waals surface area contributed by atoms with Gasteiger partial charge in [-0.1, -0.05) is 24.3 Å². The molecule has 0 unspecified atom stereocenters. The molecule has 4 nitrogen and oxygen atoms in total. The van der Waals surface area contributed by atoms with E-state index in [-0.39, 0.29) is 5.75 Å². The zero-order valence-corrected chi connectivity index (χ0v) is 14.5. The summed E-state index contributed by atoms with van der Waals surface area (Å²) < 4.78 is 5.18. The molecule has 2 aromatic rings. The van der Waals surface area contributed by atoms with Crippen LogP contribution in [0.5, 0.6) is 11.5 Å². The number of aromatic hydroxyl groups is 1. The smallest absolute Gasteiger partial charge is 0.125 e. The first-order valence-corrected chi connectivity index (χ1v) is 8.28. The topological polar surface area (TPSA) is 53.9 Å². The maximum absolute atomic E-state index is 10.2. The van der Waals surface area contributed by atoms with Gasteiger partial charge in [0, 0.05) is 17.8 Å². The van der Waals surface area contributed by atoms with Gasteiger partial charge in [0.25, 0.3) is 0 Å². The summed E-state index contributed by atoms with van der Waals surface area (Å²) in [5, 5.41) is 13.6. The van der Waals surface area contributed by atoms with Gasteiger partial charge >= 0.3 is 0 Å². The van der Waals surface area contributed by atoms with E-state index < -0.39 is 0 Å². The number of benzene rings is 2. The molecule has 3 rings (SSSR count). The lowest BCUT2D eigenvalue weighted by Gasteiger charge is -2.06. The van der Waals surface area contributed by atoms with Crippen LogP contribution in [0.3, 0.4) is 0 Å². The number of nitrogens with one attached hydrogen (secondary N) is 1. The summed E-state index contributed by atoms with van der Waals surface area (Å²) in [6, 6.07) is 13.5. The Balaban J connectivity index is 1.84. The zero-order valence-electron chi connectivity index (χ0n) is 14.5. The highest BCUT2D eigenvalue weighted by Gasteiger charge is 2.10. The van der Waals surface area contributed by atoms with Gasteiger partial charge in [0.1, 0.15) is 11.5 Å². The van der Waals surface area contributed by atoms with E-state index in [4.69, 9.17) is 4.74 Å². The molecule has 128 valence electrons. The molecular formula is C21H22N2O2. The van der Waals surface area contributed by atoms with Crippen LogP contribution in [0, 0.1) is 6.92 Å². The molecule has 2 aromatic carbocycles. The molecule has 0 saturated carbocycles. The summed E-state index contributed by atoms with van der Waals surface area (Å²) >= 11 is 0. The van der Waals surface area contributed by atoms with Gasteiger partial charge in [-0.05, 0) is 54.5 Å². The van der Waals surface area contributed by atoms with Crippen LogP contribution >= 0.6 is 0 Å². The van der Waals surface area contributed by atoms with Crippen molar-refractivity contribution < 1.29 is 9.84 Å². The first-order valence-electron chi connectivity index (χ1n) is 8.28. The maximum Gasteiger partial charge on any atom is 0.125 e. The molecule has 1 aliphatic rings. The minimum Gasteiger partial charge on any atom is -0.507 e. The van der Waals surface area contributed by atoms with Gasteiger partial charge in [-0.15, -0.1) is 0 Å². The summed E-state index contributed by atoms with van der Waals surface area (Å²) in [5.41, 5.74) is 4.62. The monoisotopic (exact) mass is 334 g/mol. The van der Waals surface area contributed by atoms with Crippen LogP contribution in [0.4, 0.5) is 0 Å². The quantitative estimate of drug-likeness (QED) is 0.896. The van der Waals surface area contributed by atoms with Gasteiger partial charge < -0.3 is 15.2 Å². The number of ether oxygens (including phenoxy) is 1. The molecule has 4 heteroatoms. The van der Waals surface area contributed by atoms with Crippen molar-refractivity contribution >= 4 is 11.8 Å². The van der Waals surface area contributed by atoms with Crippen molar-refractivity contribution in [2.24, 2.45) is 4.99 Å². The number of aryl methyl sites for hydroxylation is 1. The summed E-state index contributed by atoms with van der Waals surface area (Å²) in [6.07, 6.45) is 6.03. The zero-order chi connectivity index (χ0) is 17.6. The molecule has 0 atom stereocenters. The Morgan fingerprint density at radius 2 is 1.92 bits per heavy atom. The number of phenols is 1. The highest BCUT2D eigenvalue weighted by atomic mass is 16.5. The highest BCUT2D eigenvalue weighted by molar-refractivity contribution is 6.11. The van der Waals surface area contributed by atoms with Gasteiger partial charge in [-0.3, -0.25) is 4.99 Å². The predicted octanol–water partition coefficient (Wildman–Crippen LogP) is 3.70. The Kier molecular flexibility index (Phi) is 5.19. The number of rotatable bonds is 4. The molecule has 1 heterocycles. The fourth-order valence-corrected chi connectivity index (χ4v) is 2.65. The molecule has 0 bridgehead atoms. The van der Waals surface area contributed by atoms with Crippen LogP contribution in [0.25, 0.3) is 6.08 Å². The van der Waals surface area contributed by atoms with Crippen molar-refractivity contribution in [3.63, 3.8) is 0 Å². The third-order valence-corrected chi connectivity index (χ3v) is 4.02. The number of allylic oxidation sites excluding steroid dienone is 2. The number of methoxy groups -OCH3 is 1. The molecule has 0 aliphatic carbocycles. The Morgan fingerprint density at radius 1 is 1.12 bits per heavy atom. The molecule has 0 spiro atoms. The van der Waals surface area contributed by atoms with Crippen LogP contribution in [0.15, 0.2) is 65.3 Å². The fraction of sp³-hybridized carbons (Fsp3) is 0.190. The van der Waals surface area contributed by atoms with Crippen LogP contribution < -0.4 is 10.1 Å². The maximum atomic E-state index is 10.2. The van der Waals surface area contributed by atoms with Gasteiger partial charge in [-0.25, -0.2) is 0 Å². The Morgan fingerprint density at radius 3 is 2.64 bits per heavy atom. The summed E-state index contributed by atoms with van der Waals surface area (Å²) in [6.45, 7) is 3.38. The van der Waals surface area contributed by atoms with Crippen LogP contribution in [-0.4, -0.2) is 31.0 Å². The van der Waals surface area contributed by atoms with E-state index in [1.54, 1.807) is 13.2 Å². The van der Waals surface area contributed by atoms with E-state index in [9.17, 15) is 5.11 Å². The van der Waals surface area contributed by atoms with E-state index >= 15 is 0 Å². The van der Waals surface area contributed by atoms with Crippen LogP contribution in [0.2, 0.25) is 0 Å². The van der Waals surface area contributed by atoms with Crippen molar-refractivity contribution in [3.05, 3.63) is 77.0 Å². The summed E-state index contributed by atoms with van der Waals surface area (Å²) in [4.78, 5) is 4.58. The number of aliphatic imine (C=N–C) groups is 1. The molecule has 0 amide bonds. The van der Waals surface area contributed by atoms with Crippen LogP contribution in [-0.2, 0) is 0 Å². The lowest BCUT2D eigenvalue weighted by Crippen LogP contribution is -2.14. The van der Waals surface area contributed by atoms with E-state index in [0.717, 1.165) is 40.4 Å². The second-order valence-corrected chi connectivity index (χ2v) is 5.92. The van der Waals surface area contributed by atoms with E-state index in [0.29, 0.717) is 6.54 Å². The second kappa shape index (κ2) is 7.71. The van der Waals surface area contributed by atoms with Gasteiger partial charge in [0.2, 0.25) is 0 Å². The molecule has 0 fully saturated rings. The molecule has 0 saturated heterocycles. The highest BCUT2D eigenvalue weighted by Crippen LogP contribution is 2.21. The van der Waals surface area contributed by atoms with Gasteiger partial charge in [0.15, 0.2) is 0 Å². The average molecular weight is 334 g/mol. The minimum atomic E-state index is 0.260. The second-order valence-electron chi connectivity index (χ2n) is 5.92. The van der Waals surface area contributed by atoms with E-state index in [1.165, 1.54) is 0 Å². The molecule has 0 aromatic heterocycles. The molecule has 2 N–H and O–H groups in total. The lowest BCUT2D eigenvalue weighted by atomic mass is 10.1. The predicted molar refractivity (Wildman–Crippen MR) is 102 cm³/mol. The first kappa shape index (κ1) is 16.8. The lowest BCUT2D eigenvalue weighted by molar-refractivity contribution is 0.415. The summed E-state index contributed by atoms with van der Waals surface area (Å²) in [5.74, 6) is 1.10. The number of hydrogen-bond acceptors (Lipinski definition) is 4. The van der Waals surface area contributed by atoms with Crippen molar-refractivity contribution in [1.29, 1.82) is 0 Å². The van der Waals surface area contributed by atoms with Crippen molar-refractivity contribution in [2.45, 2.75) is 6.92 Å². The first-order chi connectivity index (χ1) is 12.2. The number of phenolic OH excluding ortho intramolecular Hbond substituents is 1. The largest absolute Gasteiger partial charge is 0.507 e. The Labute approximate surface area is 148 Å². The Hall–Kier alpha value is -3.01.